The molecule has 0 aliphatic heterocycles. The molecule has 0 saturated heterocycles. The Morgan fingerprint density at radius 3 is 1.15 bits per heavy atom. The van der Waals surface area contributed by atoms with Gasteiger partial charge in [0.1, 0.15) is 0 Å². The van der Waals surface area contributed by atoms with Crippen LogP contribution in [0.1, 0.15) is 129 Å². The van der Waals surface area contributed by atoms with Crippen molar-refractivity contribution in [2.24, 2.45) is 0 Å². The van der Waals surface area contributed by atoms with Crippen molar-refractivity contribution in [2.75, 3.05) is 18.3 Å². The van der Waals surface area contributed by atoms with Crippen LogP contribution in [-0.2, 0) is 0 Å². The first kappa shape index (κ1) is 26.7. The molecule has 158 valence electrons. The fourth-order valence-electron chi connectivity index (χ4n) is 3.73. The Balaban J connectivity index is 3.07. The lowest BCUT2D eigenvalue weighted by Gasteiger charge is -2.12. The molecule has 0 N–H and O–H groups in total. The van der Waals surface area contributed by atoms with Crippen molar-refractivity contribution >= 4 is 23.5 Å². The van der Waals surface area contributed by atoms with Gasteiger partial charge in [0, 0.05) is 11.0 Å². The van der Waals surface area contributed by atoms with Crippen LogP contribution in [0.5, 0.6) is 0 Å². The lowest BCUT2D eigenvalue weighted by Crippen LogP contribution is -2.04. The van der Waals surface area contributed by atoms with E-state index in [1.54, 1.807) is 0 Å². The van der Waals surface area contributed by atoms with Gasteiger partial charge in [0.2, 0.25) is 0 Å². The molecule has 0 nitrogen and oxygen atoms in total. The van der Waals surface area contributed by atoms with Crippen LogP contribution < -0.4 is 0 Å². The van der Waals surface area contributed by atoms with Crippen molar-refractivity contribution in [1.29, 1.82) is 0 Å². The summed E-state index contributed by atoms with van der Waals surface area (Å²) in [6, 6.07) is 0. The van der Waals surface area contributed by atoms with Crippen LogP contribution in [0.15, 0.2) is 0 Å². The van der Waals surface area contributed by atoms with E-state index in [4.69, 9.17) is 0 Å². The molecule has 0 spiro atoms. The van der Waals surface area contributed by atoms with Gasteiger partial charge in [-0.15, -0.1) is 0 Å². The van der Waals surface area contributed by atoms with E-state index in [1.165, 1.54) is 128 Å². The minimum absolute atomic E-state index is 0.894. The molecule has 2 heteroatoms. The zero-order valence-corrected chi connectivity index (χ0v) is 20.2. The predicted octanol–water partition coefficient (Wildman–Crippen LogP) is 9.51. The number of hydrogen-bond donors (Lipinski definition) is 0. The van der Waals surface area contributed by atoms with Crippen LogP contribution in [0.3, 0.4) is 0 Å². The summed E-state index contributed by atoms with van der Waals surface area (Å²) >= 11 is 4.07. The van der Waals surface area contributed by atoms with Crippen LogP contribution in [0.2, 0.25) is 0 Å². The van der Waals surface area contributed by atoms with Crippen molar-refractivity contribution in [1.82, 2.24) is 0 Å². The van der Waals surface area contributed by atoms with E-state index in [-0.39, 0.29) is 0 Å². The fraction of sp³-hybridized carbons (Fsp3) is 1.00. The predicted molar refractivity (Wildman–Crippen MR) is 129 cm³/mol. The van der Waals surface area contributed by atoms with E-state index >= 15 is 0 Å². The first-order valence-electron chi connectivity index (χ1n) is 11.9. The Kier molecular flexibility index (Phi) is 24.4. The van der Waals surface area contributed by atoms with Crippen molar-refractivity contribution in [3.8, 4) is 0 Å². The van der Waals surface area contributed by atoms with Gasteiger partial charge in [-0.3, -0.25) is 0 Å². The molecule has 0 aliphatic rings. The van der Waals surface area contributed by atoms with Gasteiger partial charge in [0.25, 0.3) is 0 Å². The molecular formula is C24H50S2. The third-order valence-corrected chi connectivity index (χ3v) is 7.58. The van der Waals surface area contributed by atoms with Gasteiger partial charge in [-0.05, 0) is 18.9 Å². The van der Waals surface area contributed by atoms with Gasteiger partial charge in [0.05, 0.1) is 0 Å². The summed E-state index contributed by atoms with van der Waals surface area (Å²) < 4.78 is 0. The standard InChI is InChI=1S/C24H50S2/c1-4-5-6-7-8-9-10-11-12-13-14-15-16-17-18-19-20-21-22-24(26-3)23-25-2/h24H,4-23H2,1-3H3. The number of unbranched alkanes of at least 4 members (excludes halogenated alkanes) is 17. The number of rotatable bonds is 22. The molecule has 0 bridgehead atoms. The van der Waals surface area contributed by atoms with E-state index in [1.807, 2.05) is 11.8 Å². The minimum atomic E-state index is 0.894. The van der Waals surface area contributed by atoms with Gasteiger partial charge in [-0.2, -0.15) is 23.5 Å². The molecule has 0 amide bonds. The molecule has 0 aromatic carbocycles. The van der Waals surface area contributed by atoms with E-state index in [0.717, 1.165) is 5.25 Å². The topological polar surface area (TPSA) is 0 Å². The lowest BCUT2D eigenvalue weighted by atomic mass is 10.0. The quantitative estimate of drug-likeness (QED) is 0.165. The Morgan fingerprint density at radius 1 is 0.500 bits per heavy atom. The Morgan fingerprint density at radius 2 is 0.846 bits per heavy atom. The molecule has 0 saturated carbocycles. The summed E-state index contributed by atoms with van der Waals surface area (Å²) in [4.78, 5) is 0. The maximum absolute atomic E-state index is 2.30. The molecule has 0 fully saturated rings. The summed E-state index contributed by atoms with van der Waals surface area (Å²) in [7, 11) is 0. The highest BCUT2D eigenvalue weighted by Gasteiger charge is 2.05. The summed E-state index contributed by atoms with van der Waals surface area (Å²) in [5.41, 5.74) is 0. The highest BCUT2D eigenvalue weighted by molar-refractivity contribution is 8.02. The number of thioether (sulfide) groups is 2. The zero-order valence-electron chi connectivity index (χ0n) is 18.5. The second-order valence-corrected chi connectivity index (χ2v) is 10.2. The fourth-order valence-corrected chi connectivity index (χ4v) is 5.62. The first-order chi connectivity index (χ1) is 12.8. The summed E-state index contributed by atoms with van der Waals surface area (Å²) in [6.45, 7) is 2.30. The third-order valence-electron chi connectivity index (χ3n) is 5.57. The molecule has 0 heterocycles. The molecule has 0 aromatic heterocycles. The monoisotopic (exact) mass is 402 g/mol. The van der Waals surface area contributed by atoms with Crippen molar-refractivity contribution in [3.63, 3.8) is 0 Å². The molecule has 0 aliphatic carbocycles. The summed E-state index contributed by atoms with van der Waals surface area (Å²) in [5.74, 6) is 1.33. The zero-order chi connectivity index (χ0) is 19.1. The van der Waals surface area contributed by atoms with Gasteiger partial charge in [-0.1, -0.05) is 122 Å². The number of hydrogen-bond acceptors (Lipinski definition) is 2. The average Bonchev–Trinajstić information content (AvgIpc) is 2.66. The highest BCUT2D eigenvalue weighted by Crippen LogP contribution is 2.20. The van der Waals surface area contributed by atoms with Gasteiger partial charge >= 0.3 is 0 Å². The van der Waals surface area contributed by atoms with E-state index < -0.39 is 0 Å². The van der Waals surface area contributed by atoms with Gasteiger partial charge < -0.3 is 0 Å². The summed E-state index contributed by atoms with van der Waals surface area (Å²) in [6.07, 6.45) is 32.4. The SMILES string of the molecule is CCCCCCCCCCCCCCCCCCCCC(CSC)SC. The van der Waals surface area contributed by atoms with Crippen LogP contribution in [-0.4, -0.2) is 23.5 Å². The third kappa shape index (κ3) is 21.0. The molecule has 26 heavy (non-hydrogen) atoms. The smallest absolute Gasteiger partial charge is 0.0135 e. The highest BCUT2D eigenvalue weighted by atomic mass is 32.2. The van der Waals surface area contributed by atoms with E-state index in [2.05, 4.69) is 31.2 Å². The van der Waals surface area contributed by atoms with Gasteiger partial charge in [-0.25, -0.2) is 0 Å². The molecule has 1 unspecified atom stereocenters. The first-order valence-corrected chi connectivity index (χ1v) is 14.5. The summed E-state index contributed by atoms with van der Waals surface area (Å²) in [5, 5.41) is 0.894. The lowest BCUT2D eigenvalue weighted by molar-refractivity contribution is 0.523. The minimum Gasteiger partial charge on any atom is -0.164 e. The maximum Gasteiger partial charge on any atom is 0.0135 e. The molecular weight excluding hydrogens is 352 g/mol. The van der Waals surface area contributed by atoms with Crippen LogP contribution in [0.4, 0.5) is 0 Å². The van der Waals surface area contributed by atoms with E-state index in [0.29, 0.717) is 0 Å². The van der Waals surface area contributed by atoms with E-state index in [9.17, 15) is 0 Å². The average molecular weight is 403 g/mol. The molecule has 0 aromatic rings. The largest absolute Gasteiger partial charge is 0.164 e. The second-order valence-electron chi connectivity index (χ2n) is 8.11. The Labute approximate surface area is 175 Å². The molecule has 0 radical (unpaired) electrons. The Bertz CT molecular complexity index is 242. The van der Waals surface area contributed by atoms with Gasteiger partial charge in [0.15, 0.2) is 0 Å². The second kappa shape index (κ2) is 23.7. The van der Waals surface area contributed by atoms with Crippen molar-refractivity contribution in [2.45, 2.75) is 134 Å². The molecule has 0 rings (SSSR count). The van der Waals surface area contributed by atoms with Crippen LogP contribution >= 0.6 is 23.5 Å². The van der Waals surface area contributed by atoms with Crippen LogP contribution in [0.25, 0.3) is 0 Å². The normalized spacial score (nSPS) is 12.6. The van der Waals surface area contributed by atoms with Crippen LogP contribution in [0, 0.1) is 0 Å². The van der Waals surface area contributed by atoms with Crippen molar-refractivity contribution in [3.05, 3.63) is 0 Å². The Hall–Kier alpha value is 0.700. The molecule has 1 atom stereocenters. The maximum atomic E-state index is 2.30. The van der Waals surface area contributed by atoms with Crippen molar-refractivity contribution < 1.29 is 0 Å².